The van der Waals surface area contributed by atoms with Gasteiger partial charge in [-0.1, -0.05) is 46.3 Å². The van der Waals surface area contributed by atoms with Crippen LogP contribution in [0.1, 0.15) is 22.5 Å². The molecule has 0 saturated carbocycles. The molecular weight excluding hydrogens is 516 g/mol. The van der Waals surface area contributed by atoms with Crippen LogP contribution in [-0.4, -0.2) is 39.9 Å². The van der Waals surface area contributed by atoms with Crippen LogP contribution in [0.15, 0.2) is 68.4 Å². The Labute approximate surface area is 209 Å². The van der Waals surface area contributed by atoms with Gasteiger partial charge >= 0.3 is 0 Å². The summed E-state index contributed by atoms with van der Waals surface area (Å²) in [6.45, 7) is 2.81. The smallest absolute Gasteiger partial charge is 0.294 e. The summed E-state index contributed by atoms with van der Waals surface area (Å²) >= 11 is 4.37. The largest absolute Gasteiger partial charge is 0.457 e. The Morgan fingerprint density at radius 3 is 2.71 bits per heavy atom. The van der Waals surface area contributed by atoms with Crippen LogP contribution in [0.25, 0.3) is 17.4 Å². The van der Waals surface area contributed by atoms with Crippen molar-refractivity contribution in [1.82, 2.24) is 9.80 Å². The second kappa shape index (κ2) is 9.27. The number of rotatable bonds is 4. The first kappa shape index (κ1) is 22.7. The molecule has 3 amide bonds. The summed E-state index contributed by atoms with van der Waals surface area (Å²) < 4.78 is 6.81. The fourth-order valence-electron chi connectivity index (χ4n) is 4.10. The number of furan rings is 1. The highest BCUT2D eigenvalue weighted by Gasteiger charge is 2.37. The first-order chi connectivity index (χ1) is 16.4. The molecule has 0 aliphatic carbocycles. The number of nitrogens with zero attached hydrogens (tertiary/aromatic N) is 2. The zero-order chi connectivity index (χ0) is 23.8. The van der Waals surface area contributed by atoms with Crippen molar-refractivity contribution in [2.24, 2.45) is 0 Å². The van der Waals surface area contributed by atoms with Crippen molar-refractivity contribution in [3.8, 4) is 11.3 Å². The van der Waals surface area contributed by atoms with E-state index in [1.54, 1.807) is 17.0 Å². The molecule has 0 N–H and O–H groups in total. The second-order valence-electron chi connectivity index (χ2n) is 8.29. The molecule has 0 atom stereocenters. The van der Waals surface area contributed by atoms with Crippen molar-refractivity contribution in [3.05, 3.63) is 86.4 Å². The lowest BCUT2D eigenvalue weighted by atomic mass is 10.00. The van der Waals surface area contributed by atoms with E-state index >= 15 is 0 Å². The number of carbonyl (C=O) groups is 3. The second-order valence-corrected chi connectivity index (χ2v) is 10.1. The minimum absolute atomic E-state index is 0.234. The molecule has 172 valence electrons. The Bertz CT molecular complexity index is 1350. The molecule has 1 aromatic heterocycles. The van der Waals surface area contributed by atoms with Crippen LogP contribution < -0.4 is 0 Å². The highest BCUT2D eigenvalue weighted by Crippen LogP contribution is 2.35. The summed E-state index contributed by atoms with van der Waals surface area (Å²) in [5.41, 5.74) is 4.35. The van der Waals surface area contributed by atoms with Gasteiger partial charge in [0.1, 0.15) is 18.1 Å². The summed E-state index contributed by atoms with van der Waals surface area (Å²) in [5, 5.41) is -0.449. The van der Waals surface area contributed by atoms with Crippen LogP contribution in [-0.2, 0) is 22.6 Å². The Morgan fingerprint density at radius 2 is 1.91 bits per heavy atom. The van der Waals surface area contributed by atoms with Crippen LogP contribution in [0, 0.1) is 6.92 Å². The van der Waals surface area contributed by atoms with Crippen molar-refractivity contribution in [1.29, 1.82) is 0 Å². The summed E-state index contributed by atoms with van der Waals surface area (Å²) in [6, 6.07) is 17.5. The first-order valence-corrected chi connectivity index (χ1v) is 12.5. The van der Waals surface area contributed by atoms with Crippen LogP contribution in [0.5, 0.6) is 0 Å². The van der Waals surface area contributed by atoms with Gasteiger partial charge in [0.15, 0.2) is 0 Å². The van der Waals surface area contributed by atoms with E-state index in [-0.39, 0.29) is 17.4 Å². The zero-order valence-corrected chi connectivity index (χ0v) is 20.8. The SMILES string of the molecule is Cc1ccc(-c2ccc(/C=C3/SC(=O)N(CC(=O)N4CCc5ccccc5C4)C3=O)o2)c(Br)c1. The van der Waals surface area contributed by atoms with Gasteiger partial charge in [-0.3, -0.25) is 19.3 Å². The fraction of sp³-hybridized carbons (Fsp3) is 0.192. The molecule has 2 aliphatic heterocycles. The standard InChI is InChI=1S/C26H21BrN2O4S/c1-16-6-8-20(21(27)12-16)22-9-7-19(33-22)13-23-25(31)29(26(32)34-23)15-24(30)28-11-10-17-4-2-3-5-18(17)14-28/h2-9,12-13H,10-11,14-15H2,1H3/b23-13+. The normalized spacial score (nSPS) is 16.9. The third kappa shape index (κ3) is 4.48. The summed E-state index contributed by atoms with van der Waals surface area (Å²) in [5.74, 6) is 0.405. The van der Waals surface area contributed by atoms with Gasteiger partial charge in [-0.2, -0.15) is 0 Å². The Balaban J connectivity index is 1.28. The number of benzene rings is 2. The quantitative estimate of drug-likeness (QED) is 0.403. The van der Waals surface area contributed by atoms with E-state index in [0.717, 1.165) is 44.2 Å². The third-order valence-corrected chi connectivity index (χ3v) is 7.50. The highest BCUT2D eigenvalue weighted by atomic mass is 79.9. The summed E-state index contributed by atoms with van der Waals surface area (Å²) in [7, 11) is 0. The van der Waals surface area contributed by atoms with Gasteiger partial charge in [0.2, 0.25) is 5.91 Å². The lowest BCUT2D eigenvalue weighted by molar-refractivity contribution is -0.136. The average molecular weight is 537 g/mol. The highest BCUT2D eigenvalue weighted by molar-refractivity contribution is 9.10. The van der Waals surface area contributed by atoms with Crippen LogP contribution in [0.3, 0.4) is 0 Å². The van der Waals surface area contributed by atoms with Gasteiger partial charge in [0.05, 0.1) is 4.91 Å². The predicted octanol–water partition coefficient (Wildman–Crippen LogP) is 5.64. The number of amides is 3. The molecule has 6 nitrogen and oxygen atoms in total. The van der Waals surface area contributed by atoms with E-state index in [0.29, 0.717) is 24.6 Å². The van der Waals surface area contributed by atoms with E-state index in [1.165, 1.54) is 5.56 Å². The monoisotopic (exact) mass is 536 g/mol. The van der Waals surface area contributed by atoms with Crippen molar-refractivity contribution in [3.63, 3.8) is 0 Å². The molecule has 34 heavy (non-hydrogen) atoms. The minimum atomic E-state index is -0.477. The Kier molecular flexibility index (Phi) is 6.18. The molecule has 1 fully saturated rings. The zero-order valence-electron chi connectivity index (χ0n) is 18.4. The van der Waals surface area contributed by atoms with Crippen LogP contribution >= 0.6 is 27.7 Å². The van der Waals surface area contributed by atoms with Crippen molar-refractivity contribution in [2.45, 2.75) is 19.9 Å². The molecule has 0 unspecified atom stereocenters. The molecule has 5 rings (SSSR count). The van der Waals surface area contributed by atoms with E-state index in [1.807, 2.05) is 49.4 Å². The average Bonchev–Trinajstić information content (AvgIpc) is 3.38. The molecule has 1 saturated heterocycles. The van der Waals surface area contributed by atoms with Gasteiger partial charge in [-0.05, 0) is 66.1 Å². The minimum Gasteiger partial charge on any atom is -0.457 e. The third-order valence-electron chi connectivity index (χ3n) is 5.94. The predicted molar refractivity (Wildman–Crippen MR) is 135 cm³/mol. The lowest BCUT2D eigenvalue weighted by Crippen LogP contribution is -2.44. The maximum atomic E-state index is 12.9. The van der Waals surface area contributed by atoms with Gasteiger partial charge < -0.3 is 9.32 Å². The summed E-state index contributed by atoms with van der Waals surface area (Å²) in [6.07, 6.45) is 2.32. The number of aryl methyl sites for hydroxylation is 1. The maximum Gasteiger partial charge on any atom is 0.294 e. The van der Waals surface area contributed by atoms with E-state index < -0.39 is 11.1 Å². The number of fused-ring (bicyclic) bond motifs is 1. The molecule has 2 aromatic carbocycles. The lowest BCUT2D eigenvalue weighted by Gasteiger charge is -2.29. The van der Waals surface area contributed by atoms with E-state index in [9.17, 15) is 14.4 Å². The molecular formula is C26H21BrN2O4S. The van der Waals surface area contributed by atoms with Crippen molar-refractivity contribution in [2.75, 3.05) is 13.1 Å². The summed E-state index contributed by atoms with van der Waals surface area (Å²) in [4.78, 5) is 41.2. The Morgan fingerprint density at radius 1 is 1.12 bits per heavy atom. The molecule has 0 radical (unpaired) electrons. The number of hydrogen-bond acceptors (Lipinski definition) is 5. The van der Waals surface area contributed by atoms with Crippen LogP contribution in [0.4, 0.5) is 4.79 Å². The molecule has 2 aliphatic rings. The maximum absolute atomic E-state index is 12.9. The van der Waals surface area contributed by atoms with Gasteiger partial charge in [-0.25, -0.2) is 0 Å². The van der Waals surface area contributed by atoms with Gasteiger partial charge in [0, 0.05) is 29.2 Å². The van der Waals surface area contributed by atoms with Crippen molar-refractivity contribution < 1.29 is 18.8 Å². The molecule has 0 bridgehead atoms. The van der Waals surface area contributed by atoms with Crippen molar-refractivity contribution >= 4 is 50.8 Å². The van der Waals surface area contributed by atoms with Crippen LogP contribution in [0.2, 0.25) is 0 Å². The van der Waals surface area contributed by atoms with Gasteiger partial charge in [0.25, 0.3) is 11.1 Å². The topological polar surface area (TPSA) is 70.8 Å². The number of thioether (sulfide) groups is 1. The van der Waals surface area contributed by atoms with Gasteiger partial charge in [-0.15, -0.1) is 0 Å². The molecule has 8 heteroatoms. The first-order valence-electron chi connectivity index (χ1n) is 10.9. The molecule has 0 spiro atoms. The number of carbonyl (C=O) groups excluding carboxylic acids is 3. The van der Waals surface area contributed by atoms with E-state index in [4.69, 9.17) is 4.42 Å². The Hall–Kier alpha value is -3.10. The number of halogens is 1. The number of hydrogen-bond donors (Lipinski definition) is 0. The molecule has 3 aromatic rings. The van der Waals surface area contributed by atoms with E-state index in [2.05, 4.69) is 22.0 Å². The molecule has 3 heterocycles. The number of imide groups is 1. The fourth-order valence-corrected chi connectivity index (χ4v) is 5.61.